The number of hydrazone groups is 1. The Labute approximate surface area is 206 Å². The first-order valence-corrected chi connectivity index (χ1v) is 10.6. The van der Waals surface area contributed by atoms with Crippen molar-refractivity contribution >= 4 is 40.1 Å². The molecule has 1 aliphatic heterocycles. The van der Waals surface area contributed by atoms with Gasteiger partial charge in [-0.3, -0.25) is 14.6 Å². The van der Waals surface area contributed by atoms with Gasteiger partial charge in [-0.25, -0.2) is 10.7 Å². The van der Waals surface area contributed by atoms with Gasteiger partial charge in [-0.2, -0.15) is 36.2 Å². The summed E-state index contributed by atoms with van der Waals surface area (Å²) in [6.45, 7) is 0. The summed E-state index contributed by atoms with van der Waals surface area (Å²) >= 11 is 0.994. The van der Waals surface area contributed by atoms with Crippen molar-refractivity contribution in [2.75, 3.05) is 12.4 Å². The highest BCUT2D eigenvalue weighted by Crippen LogP contribution is 2.52. The molecule has 0 bridgehead atoms. The van der Waals surface area contributed by atoms with Crippen molar-refractivity contribution in [1.29, 1.82) is 0 Å². The Bertz CT molecular complexity index is 1260. The van der Waals surface area contributed by atoms with Crippen molar-refractivity contribution in [2.24, 2.45) is 10.8 Å². The molecule has 0 saturated carbocycles. The SMILES string of the molecule is CN1NNN=C1Sc1ccc([NH2+]O)cc1C(=O)Nc1ccc(C(F)(F)C(F)(F)C(F)(F)F)c(C(N)=O)c1. The molecule has 2 amide bonds. The van der Waals surface area contributed by atoms with Gasteiger partial charge in [-0.1, -0.05) is 0 Å². The highest BCUT2D eigenvalue weighted by Gasteiger charge is 2.74. The summed E-state index contributed by atoms with van der Waals surface area (Å²) in [7, 11) is 1.60. The average molecular weight is 556 g/mol. The number of benzene rings is 2. The zero-order valence-electron chi connectivity index (χ0n) is 18.3. The van der Waals surface area contributed by atoms with Crippen LogP contribution in [0.5, 0.6) is 0 Å². The molecule has 1 aliphatic rings. The summed E-state index contributed by atoms with van der Waals surface area (Å²) in [5.41, 5.74) is 7.13. The Kier molecular flexibility index (Phi) is 7.59. The minimum Gasteiger partial charge on any atom is -0.366 e. The molecule has 0 atom stereocenters. The number of halogens is 7. The average Bonchev–Trinajstić information content (AvgIpc) is 3.22. The van der Waals surface area contributed by atoms with Gasteiger partial charge in [-0.05, 0) is 36.0 Å². The fourth-order valence-corrected chi connectivity index (χ4v) is 3.87. The first kappa shape index (κ1) is 28.0. The number of hydrazine groups is 2. The summed E-state index contributed by atoms with van der Waals surface area (Å²) in [5, 5.41) is 17.3. The Morgan fingerprint density at radius 1 is 1.08 bits per heavy atom. The zero-order chi connectivity index (χ0) is 27.8. The molecule has 18 heteroatoms. The van der Waals surface area contributed by atoms with Crippen molar-refractivity contribution in [3.63, 3.8) is 0 Å². The van der Waals surface area contributed by atoms with E-state index in [4.69, 9.17) is 5.73 Å². The van der Waals surface area contributed by atoms with E-state index in [2.05, 4.69) is 21.5 Å². The van der Waals surface area contributed by atoms with Crippen LogP contribution < -0.4 is 27.6 Å². The first-order chi connectivity index (χ1) is 17.1. The summed E-state index contributed by atoms with van der Waals surface area (Å²) in [6.07, 6.45) is -6.64. The van der Waals surface area contributed by atoms with Gasteiger partial charge in [0.2, 0.25) is 11.1 Å². The van der Waals surface area contributed by atoms with E-state index in [1.807, 2.05) is 0 Å². The number of carbonyl (C=O) groups excluding carboxylic acids is 2. The normalized spacial score (nSPS) is 14.3. The van der Waals surface area contributed by atoms with E-state index in [9.17, 15) is 45.5 Å². The summed E-state index contributed by atoms with van der Waals surface area (Å²) in [4.78, 5) is 25.0. The lowest BCUT2D eigenvalue weighted by atomic mass is 9.95. The molecule has 0 fully saturated rings. The standard InChI is InChI=1S/C19H16F7N7O3S/c1-33-16(29-31-32-33)37-13-5-3-9(30-36)7-11(13)15(35)28-8-2-4-12(10(6-8)14(27)34)17(20,21)18(22,23)19(24,25)26/h2-7,30-32,36H,1H3,(H2,27,34)(H,28,35)/p+1. The molecule has 3 rings (SSSR count). The topological polar surface area (TPSA) is 149 Å². The van der Waals surface area contributed by atoms with E-state index >= 15 is 0 Å². The van der Waals surface area contributed by atoms with Crippen LogP contribution in [0, 0.1) is 0 Å². The second-order valence-electron chi connectivity index (χ2n) is 7.39. The number of quaternary nitrogens is 1. The maximum absolute atomic E-state index is 14.3. The fraction of sp³-hybridized carbons (Fsp3) is 0.211. The molecule has 0 aromatic heterocycles. The maximum atomic E-state index is 14.3. The minimum atomic E-state index is -6.64. The maximum Gasteiger partial charge on any atom is 0.460 e. The molecule has 1 heterocycles. The monoisotopic (exact) mass is 556 g/mol. The van der Waals surface area contributed by atoms with E-state index in [1.54, 1.807) is 7.05 Å². The van der Waals surface area contributed by atoms with Crippen LogP contribution in [0.4, 0.5) is 42.1 Å². The van der Waals surface area contributed by atoms with E-state index in [1.165, 1.54) is 23.2 Å². The zero-order valence-corrected chi connectivity index (χ0v) is 19.1. The number of anilines is 1. The van der Waals surface area contributed by atoms with Crippen molar-refractivity contribution in [2.45, 2.75) is 22.9 Å². The van der Waals surface area contributed by atoms with Crippen molar-refractivity contribution in [1.82, 2.24) is 16.1 Å². The number of nitrogens with one attached hydrogen (secondary N) is 3. The van der Waals surface area contributed by atoms with Crippen LogP contribution in [0.25, 0.3) is 0 Å². The predicted octanol–water partition coefficient (Wildman–Crippen LogP) is 2.23. The fourth-order valence-electron chi connectivity index (χ4n) is 3.00. The number of rotatable bonds is 7. The van der Waals surface area contributed by atoms with Gasteiger partial charge < -0.3 is 11.1 Å². The van der Waals surface area contributed by atoms with E-state index in [-0.39, 0.29) is 17.3 Å². The molecule has 0 unspecified atom stereocenters. The second-order valence-corrected chi connectivity index (χ2v) is 8.40. The van der Waals surface area contributed by atoms with Crippen molar-refractivity contribution in [3.8, 4) is 0 Å². The van der Waals surface area contributed by atoms with Crippen LogP contribution in [0.2, 0.25) is 0 Å². The molecule has 2 aromatic carbocycles. The van der Waals surface area contributed by atoms with Gasteiger partial charge in [0, 0.05) is 35.3 Å². The number of primary amides is 1. The van der Waals surface area contributed by atoms with E-state index in [0.717, 1.165) is 11.8 Å². The number of thioether (sulfide) groups is 1. The second kappa shape index (κ2) is 10.0. The minimum absolute atomic E-state index is 0.0746. The van der Waals surface area contributed by atoms with Crippen LogP contribution in [0.3, 0.4) is 0 Å². The molecule has 0 saturated heterocycles. The Morgan fingerprint density at radius 3 is 2.30 bits per heavy atom. The van der Waals surface area contributed by atoms with Crippen LogP contribution in [0.15, 0.2) is 46.4 Å². The lowest BCUT2D eigenvalue weighted by Gasteiger charge is -2.29. The van der Waals surface area contributed by atoms with Gasteiger partial charge >= 0.3 is 18.0 Å². The molecule has 0 spiro atoms. The largest absolute Gasteiger partial charge is 0.460 e. The first-order valence-electron chi connectivity index (χ1n) is 9.79. The molecule has 8 N–H and O–H groups in total. The van der Waals surface area contributed by atoms with Gasteiger partial charge in [0.05, 0.1) is 11.1 Å². The number of alkyl halides is 7. The van der Waals surface area contributed by atoms with Crippen molar-refractivity contribution < 1.29 is 51.0 Å². The van der Waals surface area contributed by atoms with E-state index in [0.29, 0.717) is 27.7 Å². The third-order valence-electron chi connectivity index (χ3n) is 4.89. The number of nitrogens with two attached hydrogens (primary N) is 2. The Morgan fingerprint density at radius 2 is 1.76 bits per heavy atom. The van der Waals surface area contributed by atoms with Gasteiger partial charge in [-0.15, -0.1) is 10.6 Å². The highest BCUT2D eigenvalue weighted by atomic mass is 32.2. The van der Waals surface area contributed by atoms with Crippen LogP contribution in [0.1, 0.15) is 26.3 Å². The van der Waals surface area contributed by atoms with Gasteiger partial charge in [0.25, 0.3) is 5.91 Å². The number of amidine groups is 1. The number of carbonyl (C=O) groups is 2. The molecular formula is C19H17F7N7O3S+. The van der Waals surface area contributed by atoms with Crippen LogP contribution in [-0.2, 0) is 5.92 Å². The predicted molar refractivity (Wildman–Crippen MR) is 115 cm³/mol. The summed E-state index contributed by atoms with van der Waals surface area (Å²) < 4.78 is 93.4. The number of amides is 2. The number of nitrogens with zero attached hydrogens (tertiary/aromatic N) is 2. The van der Waals surface area contributed by atoms with Gasteiger partial charge in [0.15, 0.2) is 5.69 Å². The molecule has 37 heavy (non-hydrogen) atoms. The van der Waals surface area contributed by atoms with Crippen LogP contribution >= 0.6 is 11.8 Å². The lowest BCUT2D eigenvalue weighted by molar-refractivity contribution is -0.825. The molecule has 200 valence electrons. The quantitative estimate of drug-likeness (QED) is 0.174. The Hall–Kier alpha value is -3.61. The molecule has 0 radical (unpaired) electrons. The molecule has 10 nitrogen and oxygen atoms in total. The highest BCUT2D eigenvalue weighted by molar-refractivity contribution is 8.13. The number of hydrogen-bond donors (Lipinski definition) is 6. The van der Waals surface area contributed by atoms with Gasteiger partial charge in [0.1, 0.15) is 0 Å². The van der Waals surface area contributed by atoms with E-state index < -0.39 is 46.7 Å². The van der Waals surface area contributed by atoms with Crippen molar-refractivity contribution in [3.05, 3.63) is 53.1 Å². The third kappa shape index (κ3) is 5.41. The third-order valence-corrected chi connectivity index (χ3v) is 6.01. The smallest absolute Gasteiger partial charge is 0.366 e. The molecule has 0 aliphatic carbocycles. The molecule has 2 aromatic rings. The lowest BCUT2D eigenvalue weighted by Crippen LogP contribution is -2.73. The van der Waals surface area contributed by atoms with Crippen LogP contribution in [-0.4, -0.2) is 46.3 Å². The summed E-state index contributed by atoms with van der Waals surface area (Å²) in [5.74, 6) is -15.0. The molecular weight excluding hydrogens is 539 g/mol. The summed E-state index contributed by atoms with van der Waals surface area (Å²) in [6, 6.07) is 5.36. The number of hydrogen-bond acceptors (Lipinski definition) is 8. The Balaban J connectivity index is 1.98.